The maximum Gasteiger partial charge on any atom is 0.125 e. The van der Waals surface area contributed by atoms with Gasteiger partial charge in [0.1, 0.15) is 5.75 Å². The van der Waals surface area contributed by atoms with Crippen LogP contribution in [0, 0.1) is 0 Å². The number of aliphatic hydroxyl groups excluding tert-OH is 1. The number of benzene rings is 1. The summed E-state index contributed by atoms with van der Waals surface area (Å²) in [4.78, 5) is 0. The van der Waals surface area contributed by atoms with Crippen LogP contribution < -0.4 is 4.74 Å². The molecule has 0 fully saturated rings. The Labute approximate surface area is 97.0 Å². The van der Waals surface area contributed by atoms with Crippen molar-refractivity contribution in [3.05, 3.63) is 29.8 Å². The molecule has 1 rings (SSSR count). The van der Waals surface area contributed by atoms with Crippen LogP contribution in [0.5, 0.6) is 5.75 Å². The molecule has 1 N–H and O–H groups in total. The highest BCUT2D eigenvalue weighted by Gasteiger charge is 2.10. The third-order valence-electron chi connectivity index (χ3n) is 2.42. The van der Waals surface area contributed by atoms with Crippen molar-refractivity contribution in [1.82, 2.24) is 0 Å². The lowest BCUT2D eigenvalue weighted by Crippen LogP contribution is -2.05. The van der Waals surface area contributed by atoms with Gasteiger partial charge >= 0.3 is 0 Å². The Morgan fingerprint density at radius 3 is 2.69 bits per heavy atom. The lowest BCUT2D eigenvalue weighted by molar-refractivity contribution is 0.158. The smallest absolute Gasteiger partial charge is 0.125 e. The molecule has 1 unspecified atom stereocenters. The summed E-state index contributed by atoms with van der Waals surface area (Å²) in [5.41, 5.74) is 0.863. The van der Waals surface area contributed by atoms with Crippen LogP contribution in [0.1, 0.15) is 31.4 Å². The fourth-order valence-corrected chi connectivity index (χ4v) is 1.49. The minimum absolute atomic E-state index is 0.446. The van der Waals surface area contributed by atoms with Crippen LogP contribution in [-0.4, -0.2) is 25.4 Å². The van der Waals surface area contributed by atoms with Crippen molar-refractivity contribution in [3.8, 4) is 5.75 Å². The Kier molecular flexibility index (Phi) is 5.90. The monoisotopic (exact) mass is 224 g/mol. The number of aliphatic hydroxyl groups is 1. The number of hydrogen-bond donors (Lipinski definition) is 1. The SMILES string of the molecule is CCC(O)c1ccccc1OCCCOC. The highest BCUT2D eigenvalue weighted by molar-refractivity contribution is 5.34. The topological polar surface area (TPSA) is 38.7 Å². The molecule has 0 spiro atoms. The Balaban J connectivity index is 2.57. The Morgan fingerprint density at radius 2 is 2.00 bits per heavy atom. The summed E-state index contributed by atoms with van der Waals surface area (Å²) in [6, 6.07) is 7.62. The molecule has 0 heterocycles. The fourth-order valence-electron chi connectivity index (χ4n) is 1.49. The molecule has 90 valence electrons. The third-order valence-corrected chi connectivity index (χ3v) is 2.42. The number of ether oxygens (including phenoxy) is 2. The van der Waals surface area contributed by atoms with Gasteiger partial charge < -0.3 is 14.6 Å². The van der Waals surface area contributed by atoms with Crippen molar-refractivity contribution in [3.63, 3.8) is 0 Å². The molecule has 0 aliphatic heterocycles. The largest absolute Gasteiger partial charge is 0.493 e. The van der Waals surface area contributed by atoms with E-state index < -0.39 is 6.10 Å². The molecule has 1 aromatic rings. The third kappa shape index (κ3) is 3.83. The van der Waals surface area contributed by atoms with Gasteiger partial charge in [-0.3, -0.25) is 0 Å². The molecule has 0 saturated carbocycles. The number of rotatable bonds is 7. The van der Waals surface area contributed by atoms with Gasteiger partial charge in [0, 0.05) is 25.7 Å². The molecule has 16 heavy (non-hydrogen) atoms. The average Bonchev–Trinajstić information content (AvgIpc) is 2.34. The van der Waals surface area contributed by atoms with Gasteiger partial charge in [-0.05, 0) is 12.5 Å². The molecule has 3 heteroatoms. The van der Waals surface area contributed by atoms with Crippen molar-refractivity contribution in [2.45, 2.75) is 25.9 Å². The van der Waals surface area contributed by atoms with E-state index >= 15 is 0 Å². The first-order valence-corrected chi connectivity index (χ1v) is 5.68. The van der Waals surface area contributed by atoms with E-state index in [2.05, 4.69) is 0 Å². The van der Waals surface area contributed by atoms with Crippen LogP contribution in [0.2, 0.25) is 0 Å². The first-order chi connectivity index (χ1) is 7.79. The zero-order chi connectivity index (χ0) is 11.8. The van der Waals surface area contributed by atoms with Gasteiger partial charge in [0.05, 0.1) is 12.7 Å². The molecular weight excluding hydrogens is 204 g/mol. The molecule has 0 amide bonds. The minimum Gasteiger partial charge on any atom is -0.493 e. The van der Waals surface area contributed by atoms with Crippen LogP contribution in [0.4, 0.5) is 0 Å². The predicted molar refractivity (Wildman–Crippen MR) is 63.7 cm³/mol. The van der Waals surface area contributed by atoms with E-state index in [0.29, 0.717) is 19.6 Å². The van der Waals surface area contributed by atoms with Gasteiger partial charge in [-0.15, -0.1) is 0 Å². The van der Waals surface area contributed by atoms with E-state index in [0.717, 1.165) is 17.7 Å². The first kappa shape index (κ1) is 13.0. The number of para-hydroxylation sites is 1. The van der Waals surface area contributed by atoms with Crippen molar-refractivity contribution in [2.75, 3.05) is 20.3 Å². The van der Waals surface area contributed by atoms with Crippen LogP contribution in [-0.2, 0) is 4.74 Å². The van der Waals surface area contributed by atoms with Gasteiger partial charge in [-0.2, -0.15) is 0 Å². The molecule has 0 aliphatic rings. The van der Waals surface area contributed by atoms with Crippen LogP contribution in [0.15, 0.2) is 24.3 Å². The molecule has 0 aliphatic carbocycles. The van der Waals surface area contributed by atoms with E-state index in [1.165, 1.54) is 0 Å². The molecule has 1 atom stereocenters. The number of hydrogen-bond acceptors (Lipinski definition) is 3. The molecule has 0 saturated heterocycles. The second-order valence-electron chi connectivity index (χ2n) is 3.66. The molecular formula is C13H20O3. The van der Waals surface area contributed by atoms with E-state index in [-0.39, 0.29) is 0 Å². The molecule has 1 aromatic carbocycles. The fraction of sp³-hybridized carbons (Fsp3) is 0.538. The van der Waals surface area contributed by atoms with E-state index in [4.69, 9.17) is 9.47 Å². The molecule has 0 aromatic heterocycles. The summed E-state index contributed by atoms with van der Waals surface area (Å²) in [7, 11) is 1.68. The lowest BCUT2D eigenvalue weighted by atomic mass is 10.1. The van der Waals surface area contributed by atoms with Gasteiger partial charge in [-0.25, -0.2) is 0 Å². The van der Waals surface area contributed by atoms with Crippen LogP contribution >= 0.6 is 0 Å². The van der Waals surface area contributed by atoms with E-state index in [1.807, 2.05) is 31.2 Å². The quantitative estimate of drug-likeness (QED) is 0.723. The van der Waals surface area contributed by atoms with Crippen molar-refractivity contribution in [1.29, 1.82) is 0 Å². The second-order valence-corrected chi connectivity index (χ2v) is 3.66. The van der Waals surface area contributed by atoms with Gasteiger partial charge in [-0.1, -0.05) is 25.1 Å². The summed E-state index contributed by atoms with van der Waals surface area (Å²) >= 11 is 0. The highest BCUT2D eigenvalue weighted by atomic mass is 16.5. The van der Waals surface area contributed by atoms with E-state index in [9.17, 15) is 5.11 Å². The Hall–Kier alpha value is -1.06. The van der Waals surface area contributed by atoms with Gasteiger partial charge in [0.2, 0.25) is 0 Å². The van der Waals surface area contributed by atoms with Crippen LogP contribution in [0.25, 0.3) is 0 Å². The maximum atomic E-state index is 9.81. The summed E-state index contributed by atoms with van der Waals surface area (Å²) in [6.07, 6.45) is 1.10. The standard InChI is InChI=1S/C13H20O3/c1-3-12(14)11-7-4-5-8-13(11)16-10-6-9-15-2/h4-5,7-8,12,14H,3,6,9-10H2,1-2H3. The van der Waals surface area contributed by atoms with E-state index in [1.54, 1.807) is 7.11 Å². The Morgan fingerprint density at radius 1 is 1.25 bits per heavy atom. The maximum absolute atomic E-state index is 9.81. The highest BCUT2D eigenvalue weighted by Crippen LogP contribution is 2.26. The Bertz CT molecular complexity index is 299. The number of methoxy groups -OCH3 is 1. The summed E-state index contributed by atoms with van der Waals surface area (Å²) in [5, 5.41) is 9.81. The van der Waals surface area contributed by atoms with Crippen molar-refractivity contribution >= 4 is 0 Å². The first-order valence-electron chi connectivity index (χ1n) is 5.68. The zero-order valence-corrected chi connectivity index (χ0v) is 9.98. The van der Waals surface area contributed by atoms with Gasteiger partial charge in [0.15, 0.2) is 0 Å². The minimum atomic E-state index is -0.446. The second kappa shape index (κ2) is 7.25. The van der Waals surface area contributed by atoms with Crippen molar-refractivity contribution < 1.29 is 14.6 Å². The average molecular weight is 224 g/mol. The van der Waals surface area contributed by atoms with Crippen LogP contribution in [0.3, 0.4) is 0 Å². The predicted octanol–water partition coefficient (Wildman–Crippen LogP) is 2.55. The molecule has 0 radical (unpaired) electrons. The lowest BCUT2D eigenvalue weighted by Gasteiger charge is -2.14. The molecule has 0 bridgehead atoms. The summed E-state index contributed by atoms with van der Waals surface area (Å²) < 4.78 is 10.6. The normalized spacial score (nSPS) is 12.4. The van der Waals surface area contributed by atoms with Crippen molar-refractivity contribution in [2.24, 2.45) is 0 Å². The molecule has 3 nitrogen and oxygen atoms in total. The van der Waals surface area contributed by atoms with Gasteiger partial charge in [0.25, 0.3) is 0 Å². The summed E-state index contributed by atoms with van der Waals surface area (Å²) in [6.45, 7) is 3.26. The zero-order valence-electron chi connectivity index (χ0n) is 9.98. The summed E-state index contributed by atoms with van der Waals surface area (Å²) in [5.74, 6) is 0.771.